The van der Waals surface area contributed by atoms with Crippen molar-refractivity contribution in [3.63, 3.8) is 0 Å². The molecule has 168 valence electrons. The molecule has 2 aromatic rings. The number of nitrogens with zero attached hydrogens (tertiary/aromatic N) is 1. The second kappa shape index (κ2) is 8.89. The number of anilines is 1. The summed E-state index contributed by atoms with van der Waals surface area (Å²) >= 11 is 1.52. The van der Waals surface area contributed by atoms with Crippen LogP contribution < -0.4 is 4.90 Å². The molecule has 4 rings (SSSR count). The third-order valence-electron chi connectivity index (χ3n) is 4.99. The third-order valence-corrected chi connectivity index (χ3v) is 8.83. The molecule has 0 fully saturated rings. The average Bonchev–Trinajstić information content (AvgIpc) is 3.18. The van der Waals surface area contributed by atoms with E-state index in [9.17, 15) is 22.3 Å². The zero-order valence-corrected chi connectivity index (χ0v) is 19.2. The van der Waals surface area contributed by atoms with Gasteiger partial charge in [0.15, 0.2) is 0 Å². The van der Waals surface area contributed by atoms with Gasteiger partial charge in [-0.1, -0.05) is 48.2 Å². The zero-order valence-electron chi connectivity index (χ0n) is 16.8. The predicted octanol–water partition coefficient (Wildman–Crippen LogP) is 5.16. The van der Waals surface area contributed by atoms with Crippen molar-refractivity contribution < 1.29 is 26.9 Å². The first-order valence-corrected chi connectivity index (χ1v) is 13.7. The molecule has 0 amide bonds. The molecule has 2 aliphatic rings. The first-order valence-electron chi connectivity index (χ1n) is 9.69. The number of Topliss-reactive ketones (excluding diaryl/α,β-unsaturated/α-hetero) is 1. The molecule has 7 nitrogen and oxygen atoms in total. The van der Waals surface area contributed by atoms with Crippen molar-refractivity contribution in [2.45, 2.75) is 16.2 Å². The number of hydrogen-bond donors (Lipinski definition) is 3. The lowest BCUT2D eigenvalue weighted by molar-refractivity contribution is 0.104. The van der Waals surface area contributed by atoms with Gasteiger partial charge in [-0.15, -0.1) is 10.6 Å². The van der Waals surface area contributed by atoms with Gasteiger partial charge in [0.1, 0.15) is 4.91 Å². The summed E-state index contributed by atoms with van der Waals surface area (Å²) < 4.78 is 52.2. The fourth-order valence-corrected chi connectivity index (χ4v) is 6.75. The Kier molecular flexibility index (Phi) is 6.35. The molecule has 2 aromatic carbocycles. The van der Waals surface area contributed by atoms with Crippen molar-refractivity contribution >= 4 is 43.9 Å². The van der Waals surface area contributed by atoms with E-state index < -0.39 is 26.5 Å². The molecular formula is C22H21NO6S3. The number of allylic oxidation sites excluding steroid dienone is 5. The topological polar surface area (TPSA) is 115 Å². The van der Waals surface area contributed by atoms with E-state index in [1.165, 1.54) is 17.8 Å². The van der Waals surface area contributed by atoms with Crippen LogP contribution in [0.1, 0.15) is 16.8 Å². The summed E-state index contributed by atoms with van der Waals surface area (Å²) in [5.41, 5.74) is 1.25. The summed E-state index contributed by atoms with van der Waals surface area (Å²) in [6, 6.07) is 14.2. The molecule has 0 unspecified atom stereocenters. The highest BCUT2D eigenvalue weighted by Gasteiger charge is 2.38. The Hall–Kier alpha value is -2.34. The smallest absolute Gasteiger partial charge is 0.264 e. The van der Waals surface area contributed by atoms with Gasteiger partial charge in [0, 0.05) is 17.0 Å². The minimum absolute atomic E-state index is 0.0410. The highest BCUT2D eigenvalue weighted by atomic mass is 32.3. The molecule has 2 heterocycles. The van der Waals surface area contributed by atoms with Crippen molar-refractivity contribution in [3.05, 3.63) is 88.3 Å². The monoisotopic (exact) mass is 491 g/mol. The van der Waals surface area contributed by atoms with Crippen LogP contribution in [0.3, 0.4) is 0 Å². The van der Waals surface area contributed by atoms with Crippen LogP contribution in [0.25, 0.3) is 0 Å². The van der Waals surface area contributed by atoms with Crippen LogP contribution in [-0.2, 0) is 10.1 Å². The molecule has 0 radical (unpaired) electrons. The van der Waals surface area contributed by atoms with E-state index >= 15 is 0 Å². The molecule has 10 heteroatoms. The Balaban J connectivity index is 1.55. The summed E-state index contributed by atoms with van der Waals surface area (Å²) in [5.74, 6) is -0.723. The van der Waals surface area contributed by atoms with Crippen LogP contribution in [0.5, 0.6) is 0 Å². The average molecular weight is 492 g/mol. The third kappa shape index (κ3) is 4.56. The summed E-state index contributed by atoms with van der Waals surface area (Å²) in [4.78, 5) is 15.8. The van der Waals surface area contributed by atoms with Crippen LogP contribution in [0.15, 0.2) is 92.6 Å². The van der Waals surface area contributed by atoms with Gasteiger partial charge in [-0.05, 0) is 42.8 Å². The van der Waals surface area contributed by atoms with Crippen molar-refractivity contribution in [1.82, 2.24) is 0 Å². The molecule has 0 saturated heterocycles. The molecule has 0 atom stereocenters. The lowest BCUT2D eigenvalue weighted by atomic mass is 10.1. The van der Waals surface area contributed by atoms with Gasteiger partial charge in [0.05, 0.1) is 21.4 Å². The predicted molar refractivity (Wildman–Crippen MR) is 128 cm³/mol. The second-order valence-electron chi connectivity index (χ2n) is 7.16. The lowest BCUT2D eigenvalue weighted by Gasteiger charge is -2.27. The van der Waals surface area contributed by atoms with Crippen LogP contribution >= 0.6 is 22.4 Å². The molecule has 32 heavy (non-hydrogen) atoms. The fraction of sp³-hybridized carbons (Fsp3) is 0.136. The number of thioether (sulfide) groups is 1. The van der Waals surface area contributed by atoms with Crippen LogP contribution in [0, 0.1) is 0 Å². The Labute approximate surface area is 192 Å². The number of rotatable bonds is 6. The fourth-order valence-electron chi connectivity index (χ4n) is 3.55. The second-order valence-corrected chi connectivity index (χ2v) is 11.8. The summed E-state index contributed by atoms with van der Waals surface area (Å²) in [6.45, 7) is 0.402. The van der Waals surface area contributed by atoms with E-state index in [0.717, 1.165) is 15.6 Å². The number of carbonyl (C=O) groups is 1. The van der Waals surface area contributed by atoms with Crippen LogP contribution in [0.4, 0.5) is 5.69 Å². The summed E-state index contributed by atoms with van der Waals surface area (Å²) in [6.07, 6.45) is 6.77. The van der Waals surface area contributed by atoms with Crippen molar-refractivity contribution in [1.29, 1.82) is 0 Å². The standard InChI is InChI=1S/C22H21NO6S3/c24-22-16-8-1-4-11-19(16)32(28,29)20(22)12-5-6-13-21-23(14-7-15-31(25,26)27)17-9-2-3-10-18(17)30-21/h1-6,8-13,28-29H,7,14-15H2,(H,25,26,27). The van der Waals surface area contributed by atoms with E-state index in [-0.39, 0.29) is 22.0 Å². The summed E-state index contributed by atoms with van der Waals surface area (Å²) in [5, 5.41) is 0.851. The molecule has 3 N–H and O–H groups in total. The van der Waals surface area contributed by atoms with Crippen LogP contribution in [0.2, 0.25) is 0 Å². The minimum Gasteiger partial charge on any atom is -0.335 e. The number of carbonyl (C=O) groups excluding carboxylic acids is 1. The highest BCUT2D eigenvalue weighted by Crippen LogP contribution is 2.62. The Morgan fingerprint density at radius 1 is 1.00 bits per heavy atom. The maximum atomic E-state index is 12.6. The van der Waals surface area contributed by atoms with Crippen molar-refractivity contribution in [2.75, 3.05) is 17.2 Å². The van der Waals surface area contributed by atoms with E-state index in [1.807, 2.05) is 35.2 Å². The summed E-state index contributed by atoms with van der Waals surface area (Å²) in [7, 11) is -7.36. The maximum absolute atomic E-state index is 12.6. The Morgan fingerprint density at radius 2 is 1.69 bits per heavy atom. The van der Waals surface area contributed by atoms with Gasteiger partial charge in [0.25, 0.3) is 10.1 Å². The highest BCUT2D eigenvalue weighted by molar-refractivity contribution is 8.28. The number of benzene rings is 2. The SMILES string of the molecule is O=C1C(=CC=CC=C2Sc3ccccc3N2CCCS(=O)(=O)O)S(O)(O)c2ccccc21. The minimum atomic E-state index is -4.03. The van der Waals surface area contributed by atoms with E-state index in [1.54, 1.807) is 36.4 Å². The van der Waals surface area contributed by atoms with Gasteiger partial charge < -0.3 is 4.90 Å². The maximum Gasteiger partial charge on any atom is 0.264 e. The van der Waals surface area contributed by atoms with E-state index in [2.05, 4.69) is 0 Å². The molecular weight excluding hydrogens is 470 g/mol. The van der Waals surface area contributed by atoms with Gasteiger partial charge >= 0.3 is 0 Å². The van der Waals surface area contributed by atoms with Crippen LogP contribution in [-0.4, -0.2) is 40.2 Å². The van der Waals surface area contributed by atoms with E-state index in [0.29, 0.717) is 12.1 Å². The first kappa shape index (κ1) is 22.8. The zero-order chi connectivity index (χ0) is 22.9. The van der Waals surface area contributed by atoms with Crippen molar-refractivity contribution in [3.8, 4) is 0 Å². The van der Waals surface area contributed by atoms with Gasteiger partial charge in [0.2, 0.25) is 5.78 Å². The normalized spacial score (nSPS) is 20.8. The van der Waals surface area contributed by atoms with Gasteiger partial charge in [-0.25, -0.2) is 0 Å². The Bertz CT molecular complexity index is 1260. The number of ketones is 1. The molecule has 2 aliphatic heterocycles. The molecule has 0 aromatic heterocycles. The molecule has 0 bridgehead atoms. The Morgan fingerprint density at radius 3 is 2.44 bits per heavy atom. The quantitative estimate of drug-likeness (QED) is 0.375. The van der Waals surface area contributed by atoms with Gasteiger partial charge in [-0.3, -0.25) is 18.5 Å². The molecule has 0 saturated carbocycles. The number of para-hydroxylation sites is 1. The van der Waals surface area contributed by atoms with Gasteiger partial charge in [-0.2, -0.15) is 8.42 Å². The lowest BCUT2D eigenvalue weighted by Crippen LogP contribution is -2.21. The number of hydrogen-bond acceptors (Lipinski definition) is 7. The molecule has 0 aliphatic carbocycles. The van der Waals surface area contributed by atoms with Crippen molar-refractivity contribution in [2.24, 2.45) is 0 Å². The first-order chi connectivity index (χ1) is 15.2. The largest absolute Gasteiger partial charge is 0.335 e. The molecule has 0 spiro atoms. The van der Waals surface area contributed by atoms with E-state index in [4.69, 9.17) is 4.55 Å². The number of fused-ring (bicyclic) bond motifs is 2.